The summed E-state index contributed by atoms with van der Waals surface area (Å²) >= 11 is 3.28. The van der Waals surface area contributed by atoms with E-state index in [4.69, 9.17) is 9.15 Å². The summed E-state index contributed by atoms with van der Waals surface area (Å²) in [5.74, 6) is -0.0907. The van der Waals surface area contributed by atoms with Crippen molar-refractivity contribution in [1.29, 1.82) is 5.26 Å². The largest absolute Gasteiger partial charge is 0.449 e. The van der Waals surface area contributed by atoms with Gasteiger partial charge in [0.1, 0.15) is 22.9 Å². The molecule has 0 N–H and O–H groups in total. The van der Waals surface area contributed by atoms with Crippen LogP contribution in [0, 0.1) is 21.4 Å². The summed E-state index contributed by atoms with van der Waals surface area (Å²) in [4.78, 5) is 14.6. The van der Waals surface area contributed by atoms with Crippen LogP contribution in [0.15, 0.2) is 69.6 Å². The van der Waals surface area contributed by atoms with Crippen LogP contribution in [0.1, 0.15) is 17.0 Å². The van der Waals surface area contributed by atoms with E-state index in [-0.39, 0.29) is 23.0 Å². The maximum absolute atomic E-state index is 12.9. The number of rotatable bonds is 5. The van der Waals surface area contributed by atoms with Gasteiger partial charge in [-0.05, 0) is 64.0 Å². The standard InChI is InChI=1S/C23H11BrF3N3O4/c24-16-10-13(9-14(12-28)22-29-17-3-1-2-4-20(17)34-22)5-7-19(16)33-21-8-6-15(23(25,26)27)11-18(21)30(31)32/h1-11H/b14-9+. The topological polar surface area (TPSA) is 102 Å². The average Bonchev–Trinajstić information content (AvgIpc) is 3.22. The van der Waals surface area contributed by atoms with Gasteiger partial charge in [0.25, 0.3) is 0 Å². The molecule has 0 radical (unpaired) electrons. The molecule has 170 valence electrons. The van der Waals surface area contributed by atoms with Gasteiger partial charge in [-0.25, -0.2) is 4.98 Å². The fourth-order valence-electron chi connectivity index (χ4n) is 3.03. The minimum Gasteiger partial charge on any atom is -0.449 e. The molecule has 0 atom stereocenters. The second kappa shape index (κ2) is 8.99. The number of nitrogens with zero attached hydrogens (tertiary/aromatic N) is 3. The van der Waals surface area contributed by atoms with E-state index in [0.717, 1.165) is 6.07 Å². The van der Waals surface area contributed by atoms with E-state index in [2.05, 4.69) is 20.9 Å². The summed E-state index contributed by atoms with van der Waals surface area (Å²) in [6.45, 7) is 0. The molecule has 0 bridgehead atoms. The Balaban J connectivity index is 1.64. The van der Waals surface area contributed by atoms with E-state index in [1.54, 1.807) is 36.4 Å². The molecule has 0 spiro atoms. The van der Waals surface area contributed by atoms with Crippen LogP contribution < -0.4 is 4.74 Å². The van der Waals surface area contributed by atoms with Gasteiger partial charge in [0.05, 0.1) is 15.0 Å². The number of nitriles is 1. The molecule has 4 aromatic rings. The molecule has 0 saturated carbocycles. The van der Waals surface area contributed by atoms with Crippen molar-refractivity contribution in [3.8, 4) is 17.6 Å². The van der Waals surface area contributed by atoms with Crippen LogP contribution in [-0.2, 0) is 6.18 Å². The first-order valence-electron chi connectivity index (χ1n) is 9.46. The molecular weight excluding hydrogens is 519 g/mol. The smallest absolute Gasteiger partial charge is 0.416 e. The third kappa shape index (κ3) is 4.77. The number of nitro benzene ring substituents is 1. The molecule has 0 fully saturated rings. The van der Waals surface area contributed by atoms with Gasteiger partial charge in [-0.1, -0.05) is 18.2 Å². The number of hydrogen-bond acceptors (Lipinski definition) is 6. The minimum absolute atomic E-state index is 0.125. The number of para-hydroxylation sites is 2. The molecule has 0 unspecified atom stereocenters. The van der Waals surface area contributed by atoms with Gasteiger partial charge >= 0.3 is 11.9 Å². The van der Waals surface area contributed by atoms with Gasteiger partial charge < -0.3 is 9.15 Å². The lowest BCUT2D eigenvalue weighted by atomic mass is 10.1. The number of benzene rings is 3. The van der Waals surface area contributed by atoms with Crippen molar-refractivity contribution in [3.05, 3.63) is 92.3 Å². The Morgan fingerprint density at radius 3 is 2.53 bits per heavy atom. The van der Waals surface area contributed by atoms with Crippen molar-refractivity contribution in [2.45, 2.75) is 6.18 Å². The van der Waals surface area contributed by atoms with Gasteiger partial charge in [0.15, 0.2) is 5.58 Å². The number of nitro groups is 1. The zero-order valence-corrected chi connectivity index (χ0v) is 18.4. The summed E-state index contributed by atoms with van der Waals surface area (Å²) in [6.07, 6.45) is -3.20. The highest BCUT2D eigenvalue weighted by Crippen LogP contribution is 2.39. The van der Waals surface area contributed by atoms with Crippen LogP contribution in [0.4, 0.5) is 18.9 Å². The van der Waals surface area contributed by atoms with Crippen LogP contribution in [0.5, 0.6) is 11.5 Å². The molecule has 0 aliphatic rings. The summed E-state index contributed by atoms with van der Waals surface area (Å²) in [5.41, 5.74) is -0.138. The Morgan fingerprint density at radius 2 is 1.88 bits per heavy atom. The van der Waals surface area contributed by atoms with Crippen molar-refractivity contribution >= 4 is 44.4 Å². The molecular formula is C23H11BrF3N3O4. The van der Waals surface area contributed by atoms with E-state index < -0.39 is 22.4 Å². The second-order valence-corrected chi connectivity index (χ2v) is 7.74. The zero-order chi connectivity index (χ0) is 24.5. The van der Waals surface area contributed by atoms with Crippen LogP contribution in [0.2, 0.25) is 0 Å². The van der Waals surface area contributed by atoms with Crippen LogP contribution >= 0.6 is 15.9 Å². The van der Waals surface area contributed by atoms with Crippen molar-refractivity contribution in [1.82, 2.24) is 4.98 Å². The Bertz CT molecular complexity index is 1460. The summed E-state index contributed by atoms with van der Waals surface area (Å²) in [5, 5.41) is 20.8. The first kappa shape index (κ1) is 23.0. The molecule has 11 heteroatoms. The number of oxazole rings is 1. The molecule has 0 amide bonds. The highest BCUT2D eigenvalue weighted by molar-refractivity contribution is 9.10. The minimum atomic E-state index is -4.73. The molecule has 0 aliphatic carbocycles. The quantitative estimate of drug-likeness (QED) is 0.152. The third-order valence-corrected chi connectivity index (χ3v) is 5.23. The number of alkyl halides is 3. The predicted octanol–water partition coefficient (Wildman–Crippen LogP) is 7.37. The van der Waals surface area contributed by atoms with Crippen LogP contribution in [-0.4, -0.2) is 9.91 Å². The lowest BCUT2D eigenvalue weighted by Gasteiger charge is -2.11. The van der Waals surface area contributed by atoms with Crippen molar-refractivity contribution in [2.24, 2.45) is 0 Å². The predicted molar refractivity (Wildman–Crippen MR) is 120 cm³/mol. The Morgan fingerprint density at radius 1 is 1.15 bits per heavy atom. The number of halogens is 4. The number of aromatic nitrogens is 1. The highest BCUT2D eigenvalue weighted by atomic mass is 79.9. The van der Waals surface area contributed by atoms with Crippen LogP contribution in [0.25, 0.3) is 22.7 Å². The van der Waals surface area contributed by atoms with E-state index in [9.17, 15) is 28.5 Å². The fraction of sp³-hybridized carbons (Fsp3) is 0.0435. The molecule has 34 heavy (non-hydrogen) atoms. The lowest BCUT2D eigenvalue weighted by Crippen LogP contribution is -2.06. The van der Waals surface area contributed by atoms with Crippen molar-refractivity contribution < 1.29 is 27.2 Å². The Hall–Kier alpha value is -4.17. The lowest BCUT2D eigenvalue weighted by molar-refractivity contribution is -0.385. The van der Waals surface area contributed by atoms with Crippen molar-refractivity contribution in [3.63, 3.8) is 0 Å². The number of fused-ring (bicyclic) bond motifs is 1. The molecule has 4 rings (SSSR count). The summed E-state index contributed by atoms with van der Waals surface area (Å²) in [7, 11) is 0. The fourth-order valence-corrected chi connectivity index (χ4v) is 3.50. The molecule has 1 aromatic heterocycles. The molecule has 0 aliphatic heterocycles. The molecule has 0 saturated heterocycles. The highest BCUT2D eigenvalue weighted by Gasteiger charge is 2.33. The van der Waals surface area contributed by atoms with E-state index >= 15 is 0 Å². The maximum Gasteiger partial charge on any atom is 0.416 e. The van der Waals surface area contributed by atoms with E-state index in [0.29, 0.717) is 33.3 Å². The normalized spacial score (nSPS) is 11.9. The summed E-state index contributed by atoms with van der Waals surface area (Å²) in [6, 6.07) is 15.7. The zero-order valence-electron chi connectivity index (χ0n) is 16.8. The maximum atomic E-state index is 12.9. The number of ether oxygens (including phenoxy) is 1. The van der Waals surface area contributed by atoms with E-state index in [1.807, 2.05) is 6.07 Å². The monoisotopic (exact) mass is 529 g/mol. The SMILES string of the molecule is N#C/C(=C\c1ccc(Oc2ccc(C(F)(F)F)cc2[N+](=O)[O-])c(Br)c1)c1nc2ccccc2o1. The first-order chi connectivity index (χ1) is 16.2. The number of allylic oxidation sites excluding steroid dienone is 1. The molecule has 7 nitrogen and oxygen atoms in total. The molecule has 3 aromatic carbocycles. The second-order valence-electron chi connectivity index (χ2n) is 6.89. The van der Waals surface area contributed by atoms with Gasteiger partial charge in [0.2, 0.25) is 11.6 Å². The third-order valence-electron chi connectivity index (χ3n) is 4.61. The van der Waals surface area contributed by atoms with Gasteiger partial charge in [0, 0.05) is 6.07 Å². The average molecular weight is 530 g/mol. The first-order valence-corrected chi connectivity index (χ1v) is 10.3. The van der Waals surface area contributed by atoms with Crippen LogP contribution in [0.3, 0.4) is 0 Å². The Labute approximate surface area is 198 Å². The van der Waals surface area contributed by atoms with Crippen molar-refractivity contribution in [2.75, 3.05) is 0 Å². The molecule has 1 heterocycles. The van der Waals surface area contributed by atoms with Gasteiger partial charge in [-0.15, -0.1) is 0 Å². The van der Waals surface area contributed by atoms with E-state index in [1.165, 1.54) is 12.1 Å². The van der Waals surface area contributed by atoms with Gasteiger partial charge in [-0.2, -0.15) is 18.4 Å². The number of hydrogen-bond donors (Lipinski definition) is 0. The Kier molecular flexibility index (Phi) is 6.08. The van der Waals surface area contributed by atoms with Gasteiger partial charge in [-0.3, -0.25) is 10.1 Å². The summed E-state index contributed by atoms with van der Waals surface area (Å²) < 4.78 is 50.2.